The molecule has 0 radical (unpaired) electrons. The van der Waals surface area contributed by atoms with Crippen LogP contribution in [0, 0.1) is 6.92 Å². The molecule has 1 amide bonds. The molecule has 0 unspecified atom stereocenters. The van der Waals surface area contributed by atoms with Gasteiger partial charge in [0, 0.05) is 24.7 Å². The van der Waals surface area contributed by atoms with Crippen molar-refractivity contribution in [2.24, 2.45) is 7.05 Å². The Kier molecular flexibility index (Phi) is 4.30. The van der Waals surface area contributed by atoms with E-state index in [1.165, 1.54) is 6.08 Å². The molecular formula is C18H21N3O2. The highest BCUT2D eigenvalue weighted by Crippen LogP contribution is 2.24. The third-order valence-corrected chi connectivity index (χ3v) is 4.18. The van der Waals surface area contributed by atoms with Gasteiger partial charge in [-0.25, -0.2) is 0 Å². The molecule has 120 valence electrons. The van der Waals surface area contributed by atoms with E-state index in [1.807, 2.05) is 42.9 Å². The largest absolute Gasteiger partial charge is 0.376 e. The number of aryl methyl sites for hydroxylation is 2. The number of hydrogen-bond acceptors (Lipinski definition) is 3. The third kappa shape index (κ3) is 3.05. The first-order chi connectivity index (χ1) is 11.1. The van der Waals surface area contributed by atoms with E-state index in [2.05, 4.69) is 11.7 Å². The Hall–Kier alpha value is -2.40. The predicted octanol–water partition coefficient (Wildman–Crippen LogP) is 2.52. The molecule has 0 spiro atoms. The van der Waals surface area contributed by atoms with Crippen molar-refractivity contribution < 1.29 is 9.53 Å². The van der Waals surface area contributed by atoms with Gasteiger partial charge in [-0.15, -0.1) is 0 Å². The molecular weight excluding hydrogens is 290 g/mol. The summed E-state index contributed by atoms with van der Waals surface area (Å²) in [5.74, 6) is -0.125. The highest BCUT2D eigenvalue weighted by molar-refractivity contribution is 6.00. The van der Waals surface area contributed by atoms with Gasteiger partial charge in [-0.2, -0.15) is 5.10 Å². The van der Waals surface area contributed by atoms with Crippen LogP contribution in [-0.4, -0.2) is 22.3 Å². The molecule has 1 aromatic carbocycles. The van der Waals surface area contributed by atoms with E-state index in [-0.39, 0.29) is 5.91 Å². The second-order valence-electron chi connectivity index (χ2n) is 5.76. The highest BCUT2D eigenvalue weighted by atomic mass is 16.5. The maximum Gasteiger partial charge on any atom is 0.250 e. The average molecular weight is 311 g/mol. The van der Waals surface area contributed by atoms with Gasteiger partial charge < -0.3 is 9.64 Å². The van der Waals surface area contributed by atoms with Gasteiger partial charge in [0.1, 0.15) is 0 Å². The van der Waals surface area contributed by atoms with Gasteiger partial charge in [0.25, 0.3) is 5.91 Å². The number of aromatic nitrogens is 2. The fourth-order valence-corrected chi connectivity index (χ4v) is 2.85. The Balaban J connectivity index is 1.96. The summed E-state index contributed by atoms with van der Waals surface area (Å²) < 4.78 is 7.42. The number of carbonyl (C=O) groups excluding carboxylic acids is 1. The van der Waals surface area contributed by atoms with Crippen LogP contribution in [0.4, 0.5) is 5.69 Å². The lowest BCUT2D eigenvalue weighted by Gasteiger charge is -2.23. The van der Waals surface area contributed by atoms with Crippen molar-refractivity contribution in [3.63, 3.8) is 0 Å². The van der Waals surface area contributed by atoms with E-state index in [9.17, 15) is 4.79 Å². The van der Waals surface area contributed by atoms with Crippen molar-refractivity contribution in [3.8, 4) is 0 Å². The molecule has 1 aromatic heterocycles. The van der Waals surface area contributed by atoms with Gasteiger partial charge in [-0.05, 0) is 25.1 Å². The number of anilines is 1. The Bertz CT molecular complexity index is 731. The van der Waals surface area contributed by atoms with Crippen LogP contribution in [0.5, 0.6) is 0 Å². The molecule has 1 aliphatic heterocycles. The maximum absolute atomic E-state index is 12.3. The van der Waals surface area contributed by atoms with Crippen molar-refractivity contribution in [2.75, 3.05) is 11.5 Å². The lowest BCUT2D eigenvalue weighted by atomic mass is 10.1. The van der Waals surface area contributed by atoms with Crippen LogP contribution in [0.3, 0.4) is 0 Å². The summed E-state index contributed by atoms with van der Waals surface area (Å²) in [5.41, 5.74) is 5.20. The first-order valence-electron chi connectivity index (χ1n) is 7.72. The second kappa shape index (κ2) is 6.38. The quantitative estimate of drug-likeness (QED) is 0.815. The minimum Gasteiger partial charge on any atom is -0.376 e. The molecule has 2 heterocycles. The molecule has 0 fully saturated rings. The van der Waals surface area contributed by atoms with E-state index in [1.54, 1.807) is 4.90 Å². The predicted molar refractivity (Wildman–Crippen MR) is 89.1 cm³/mol. The zero-order valence-corrected chi connectivity index (χ0v) is 13.6. The van der Waals surface area contributed by atoms with Crippen LogP contribution in [0.1, 0.15) is 22.5 Å². The normalized spacial score (nSPS) is 13.5. The molecule has 0 aliphatic carbocycles. The van der Waals surface area contributed by atoms with Gasteiger partial charge in [0.15, 0.2) is 0 Å². The number of ether oxygens (including phenoxy) is 1. The zero-order valence-electron chi connectivity index (χ0n) is 13.6. The first kappa shape index (κ1) is 15.5. The van der Waals surface area contributed by atoms with Crippen molar-refractivity contribution in [1.82, 2.24) is 9.78 Å². The first-order valence-corrected chi connectivity index (χ1v) is 7.72. The summed E-state index contributed by atoms with van der Waals surface area (Å²) in [6, 6.07) is 7.91. The summed E-state index contributed by atoms with van der Waals surface area (Å²) in [6.45, 7) is 7.37. The Morgan fingerprint density at radius 2 is 2.17 bits per heavy atom. The monoisotopic (exact) mass is 311 g/mol. The molecule has 0 saturated heterocycles. The van der Waals surface area contributed by atoms with E-state index in [0.717, 1.165) is 34.6 Å². The summed E-state index contributed by atoms with van der Waals surface area (Å²) in [5, 5.41) is 4.57. The van der Waals surface area contributed by atoms with Crippen LogP contribution in [0.15, 0.2) is 36.9 Å². The van der Waals surface area contributed by atoms with Crippen LogP contribution < -0.4 is 4.90 Å². The molecule has 0 N–H and O–H groups in total. The summed E-state index contributed by atoms with van der Waals surface area (Å²) in [4.78, 5) is 14.1. The van der Waals surface area contributed by atoms with Gasteiger partial charge >= 0.3 is 0 Å². The van der Waals surface area contributed by atoms with Crippen LogP contribution >= 0.6 is 0 Å². The van der Waals surface area contributed by atoms with E-state index < -0.39 is 0 Å². The van der Waals surface area contributed by atoms with Crippen LogP contribution in [0.25, 0.3) is 0 Å². The van der Waals surface area contributed by atoms with Crippen LogP contribution in [-0.2, 0) is 36.2 Å². The molecule has 23 heavy (non-hydrogen) atoms. The molecule has 0 atom stereocenters. The smallest absolute Gasteiger partial charge is 0.250 e. The lowest BCUT2D eigenvalue weighted by molar-refractivity contribution is -0.114. The lowest BCUT2D eigenvalue weighted by Crippen LogP contribution is -2.30. The Morgan fingerprint density at radius 3 is 2.87 bits per heavy atom. The number of amides is 1. The van der Waals surface area contributed by atoms with Crippen molar-refractivity contribution >= 4 is 11.6 Å². The van der Waals surface area contributed by atoms with Crippen molar-refractivity contribution in [2.45, 2.75) is 26.5 Å². The van der Waals surface area contributed by atoms with Gasteiger partial charge in [0.2, 0.25) is 0 Å². The molecule has 1 aliphatic rings. The maximum atomic E-state index is 12.3. The molecule has 0 saturated carbocycles. The SMILES string of the molecule is C=CC(=O)N(Cc1c2c(nn1C)CCOC2)c1ccc(C)cc1. The Morgan fingerprint density at radius 1 is 1.43 bits per heavy atom. The van der Waals surface area contributed by atoms with Crippen LogP contribution in [0.2, 0.25) is 0 Å². The zero-order chi connectivity index (χ0) is 16.4. The number of hydrogen-bond donors (Lipinski definition) is 0. The minimum atomic E-state index is -0.125. The summed E-state index contributed by atoms with van der Waals surface area (Å²) in [7, 11) is 1.92. The third-order valence-electron chi connectivity index (χ3n) is 4.18. The Labute approximate surface area is 136 Å². The summed E-state index contributed by atoms with van der Waals surface area (Å²) >= 11 is 0. The highest BCUT2D eigenvalue weighted by Gasteiger charge is 2.23. The standard InChI is InChI=1S/C18H21N3O2/c1-4-18(22)21(14-7-5-13(2)6-8-14)11-17-15-12-23-10-9-16(15)19-20(17)3/h4-8H,1,9-12H2,2-3H3. The molecule has 5 heteroatoms. The van der Waals surface area contributed by atoms with E-state index in [4.69, 9.17) is 4.74 Å². The topological polar surface area (TPSA) is 47.4 Å². The van der Waals surface area contributed by atoms with Gasteiger partial charge in [-0.3, -0.25) is 9.48 Å². The fraction of sp³-hybridized carbons (Fsp3) is 0.333. The number of rotatable bonds is 4. The van der Waals surface area contributed by atoms with E-state index in [0.29, 0.717) is 19.8 Å². The molecule has 3 rings (SSSR count). The molecule has 2 aromatic rings. The second-order valence-corrected chi connectivity index (χ2v) is 5.76. The van der Waals surface area contributed by atoms with Crippen molar-refractivity contribution in [1.29, 1.82) is 0 Å². The number of benzene rings is 1. The molecule has 5 nitrogen and oxygen atoms in total. The summed E-state index contributed by atoms with van der Waals surface area (Å²) in [6.07, 6.45) is 2.17. The number of nitrogens with zero attached hydrogens (tertiary/aromatic N) is 3. The van der Waals surface area contributed by atoms with E-state index >= 15 is 0 Å². The fourth-order valence-electron chi connectivity index (χ4n) is 2.85. The average Bonchev–Trinajstić information content (AvgIpc) is 2.88. The van der Waals surface area contributed by atoms with Gasteiger partial charge in [0.05, 0.1) is 31.1 Å². The molecule has 0 bridgehead atoms. The van der Waals surface area contributed by atoms with Crippen molar-refractivity contribution in [3.05, 3.63) is 59.4 Å². The van der Waals surface area contributed by atoms with Gasteiger partial charge in [-0.1, -0.05) is 24.3 Å². The number of carbonyl (C=O) groups is 1. The number of fused-ring (bicyclic) bond motifs is 1. The minimum absolute atomic E-state index is 0.125.